The second-order valence-corrected chi connectivity index (χ2v) is 5.15. The molecule has 0 aromatic rings. The van der Waals surface area contributed by atoms with Crippen LogP contribution in [0.25, 0.3) is 0 Å². The van der Waals surface area contributed by atoms with Crippen LogP contribution in [0, 0.1) is 5.92 Å². The molecule has 1 heterocycles. The molecule has 1 saturated heterocycles. The van der Waals surface area contributed by atoms with Gasteiger partial charge in [-0.15, -0.1) is 0 Å². The van der Waals surface area contributed by atoms with Crippen LogP contribution in [0.2, 0.25) is 0 Å². The number of likely N-dealkylation sites (tertiary alicyclic amines) is 1. The minimum atomic E-state index is 0.222. The maximum absolute atomic E-state index is 6.50. The molecule has 0 atom stereocenters. The van der Waals surface area contributed by atoms with Gasteiger partial charge >= 0.3 is 0 Å². The molecule has 0 aromatic heterocycles. The van der Waals surface area contributed by atoms with Crippen LogP contribution in [0.15, 0.2) is 0 Å². The van der Waals surface area contributed by atoms with Gasteiger partial charge in [-0.3, -0.25) is 0 Å². The fraction of sp³-hybridized carbons (Fsp3) is 1.00. The predicted octanol–water partition coefficient (Wildman–Crippen LogP) is 1.99. The van der Waals surface area contributed by atoms with Crippen LogP contribution in [0.5, 0.6) is 0 Å². The highest BCUT2D eigenvalue weighted by Gasteiger charge is 2.38. The second-order valence-electron chi connectivity index (χ2n) is 5.15. The summed E-state index contributed by atoms with van der Waals surface area (Å²) in [5.74, 6) is 0.813. The number of piperidine rings is 1. The smallest absolute Gasteiger partial charge is 0.0183 e. The zero-order valence-corrected chi connectivity index (χ0v) is 9.47. The van der Waals surface area contributed by atoms with Crippen LogP contribution in [-0.4, -0.2) is 30.1 Å². The number of nitrogens with zero attached hydrogens (tertiary/aromatic N) is 1. The molecule has 0 aromatic carbocycles. The molecular weight excluding hydrogens is 172 g/mol. The molecule has 2 nitrogen and oxygen atoms in total. The largest absolute Gasteiger partial charge is 0.325 e. The van der Waals surface area contributed by atoms with Crippen molar-refractivity contribution in [2.24, 2.45) is 11.7 Å². The van der Waals surface area contributed by atoms with Crippen molar-refractivity contribution in [2.75, 3.05) is 19.6 Å². The Hall–Kier alpha value is -0.0800. The van der Waals surface area contributed by atoms with Gasteiger partial charge in [-0.05, 0) is 51.2 Å². The molecule has 1 saturated carbocycles. The van der Waals surface area contributed by atoms with Gasteiger partial charge in [0.05, 0.1) is 0 Å². The highest BCUT2D eigenvalue weighted by atomic mass is 15.1. The summed E-state index contributed by atoms with van der Waals surface area (Å²) in [5.41, 5.74) is 6.72. The molecule has 0 spiro atoms. The topological polar surface area (TPSA) is 29.3 Å². The summed E-state index contributed by atoms with van der Waals surface area (Å²) >= 11 is 0. The summed E-state index contributed by atoms with van der Waals surface area (Å²) in [6.45, 7) is 6.03. The van der Waals surface area contributed by atoms with E-state index in [1.807, 2.05) is 0 Å². The average Bonchev–Trinajstić information content (AvgIpc) is 2.67. The molecule has 2 aliphatic rings. The van der Waals surface area contributed by atoms with E-state index in [-0.39, 0.29) is 5.54 Å². The Kier molecular flexibility index (Phi) is 3.13. The van der Waals surface area contributed by atoms with Crippen LogP contribution in [0.3, 0.4) is 0 Å². The molecule has 2 fully saturated rings. The first kappa shape index (κ1) is 10.4. The van der Waals surface area contributed by atoms with Crippen molar-refractivity contribution in [1.82, 2.24) is 4.90 Å². The summed E-state index contributed by atoms with van der Waals surface area (Å²) in [6.07, 6.45) is 7.97. The SMILES string of the molecule is CCN1CCC(C2(N)CCCC2)CC1. The van der Waals surface area contributed by atoms with Crippen molar-refractivity contribution < 1.29 is 0 Å². The van der Waals surface area contributed by atoms with E-state index >= 15 is 0 Å². The zero-order valence-electron chi connectivity index (χ0n) is 9.47. The van der Waals surface area contributed by atoms with E-state index in [2.05, 4.69) is 11.8 Å². The Morgan fingerprint density at radius 3 is 2.29 bits per heavy atom. The Morgan fingerprint density at radius 2 is 1.79 bits per heavy atom. The Balaban J connectivity index is 1.88. The van der Waals surface area contributed by atoms with Crippen LogP contribution >= 0.6 is 0 Å². The van der Waals surface area contributed by atoms with Crippen molar-refractivity contribution in [3.8, 4) is 0 Å². The number of hydrogen-bond donors (Lipinski definition) is 1. The average molecular weight is 196 g/mol. The van der Waals surface area contributed by atoms with Gasteiger partial charge in [0, 0.05) is 5.54 Å². The standard InChI is InChI=1S/C12H24N2/c1-2-14-9-5-11(6-10-14)12(13)7-3-4-8-12/h11H,2-10,13H2,1H3. The maximum Gasteiger partial charge on any atom is 0.0183 e. The van der Waals surface area contributed by atoms with Crippen LogP contribution in [0.1, 0.15) is 45.4 Å². The van der Waals surface area contributed by atoms with E-state index in [4.69, 9.17) is 5.73 Å². The highest BCUT2D eigenvalue weighted by molar-refractivity contribution is 4.96. The van der Waals surface area contributed by atoms with E-state index in [1.165, 1.54) is 58.2 Å². The summed E-state index contributed by atoms with van der Waals surface area (Å²) in [6, 6.07) is 0. The lowest BCUT2D eigenvalue weighted by Crippen LogP contribution is -2.49. The minimum absolute atomic E-state index is 0.222. The molecule has 2 N–H and O–H groups in total. The van der Waals surface area contributed by atoms with Gasteiger partial charge in [0.1, 0.15) is 0 Å². The van der Waals surface area contributed by atoms with E-state index < -0.39 is 0 Å². The summed E-state index contributed by atoms with van der Waals surface area (Å²) in [4.78, 5) is 2.55. The molecule has 0 amide bonds. The molecule has 2 heteroatoms. The van der Waals surface area contributed by atoms with Gasteiger partial charge in [0.25, 0.3) is 0 Å². The molecule has 0 bridgehead atoms. The lowest BCUT2D eigenvalue weighted by molar-refractivity contribution is 0.135. The fourth-order valence-electron chi connectivity index (χ4n) is 3.27. The van der Waals surface area contributed by atoms with E-state index in [1.54, 1.807) is 0 Å². The van der Waals surface area contributed by atoms with Crippen molar-refractivity contribution in [2.45, 2.75) is 51.0 Å². The number of hydrogen-bond acceptors (Lipinski definition) is 2. The van der Waals surface area contributed by atoms with Crippen LogP contribution < -0.4 is 5.73 Å². The number of rotatable bonds is 2. The normalized spacial score (nSPS) is 29.6. The summed E-state index contributed by atoms with van der Waals surface area (Å²) < 4.78 is 0. The first-order chi connectivity index (χ1) is 6.74. The number of nitrogens with two attached hydrogens (primary N) is 1. The quantitative estimate of drug-likeness (QED) is 0.732. The van der Waals surface area contributed by atoms with E-state index in [9.17, 15) is 0 Å². The molecule has 0 unspecified atom stereocenters. The predicted molar refractivity (Wildman–Crippen MR) is 60.2 cm³/mol. The molecule has 1 aliphatic carbocycles. The Bertz CT molecular complexity index is 177. The third kappa shape index (κ3) is 1.96. The van der Waals surface area contributed by atoms with Gasteiger partial charge in [0.2, 0.25) is 0 Å². The molecule has 2 rings (SSSR count). The first-order valence-corrected chi connectivity index (χ1v) is 6.26. The lowest BCUT2D eigenvalue weighted by atomic mass is 9.77. The Labute approximate surface area is 87.8 Å². The van der Waals surface area contributed by atoms with Crippen molar-refractivity contribution in [3.05, 3.63) is 0 Å². The van der Waals surface area contributed by atoms with Crippen molar-refractivity contribution >= 4 is 0 Å². The summed E-state index contributed by atoms with van der Waals surface area (Å²) in [7, 11) is 0. The fourth-order valence-corrected chi connectivity index (χ4v) is 3.27. The van der Waals surface area contributed by atoms with Gasteiger partial charge in [-0.1, -0.05) is 19.8 Å². The first-order valence-electron chi connectivity index (χ1n) is 6.26. The highest BCUT2D eigenvalue weighted by Crippen LogP contribution is 2.38. The monoisotopic (exact) mass is 196 g/mol. The third-order valence-electron chi connectivity index (χ3n) is 4.38. The third-order valence-corrected chi connectivity index (χ3v) is 4.38. The van der Waals surface area contributed by atoms with Crippen LogP contribution in [0.4, 0.5) is 0 Å². The second kappa shape index (κ2) is 4.19. The van der Waals surface area contributed by atoms with Gasteiger partial charge in [0.15, 0.2) is 0 Å². The van der Waals surface area contributed by atoms with E-state index in [0.717, 1.165) is 5.92 Å². The Morgan fingerprint density at radius 1 is 1.21 bits per heavy atom. The molecule has 14 heavy (non-hydrogen) atoms. The molecule has 82 valence electrons. The van der Waals surface area contributed by atoms with Crippen molar-refractivity contribution in [1.29, 1.82) is 0 Å². The summed E-state index contributed by atoms with van der Waals surface area (Å²) in [5, 5.41) is 0. The van der Waals surface area contributed by atoms with Crippen molar-refractivity contribution in [3.63, 3.8) is 0 Å². The zero-order chi connectivity index (χ0) is 10.0. The van der Waals surface area contributed by atoms with Gasteiger partial charge in [-0.25, -0.2) is 0 Å². The molecule has 1 aliphatic heterocycles. The van der Waals surface area contributed by atoms with Gasteiger partial charge < -0.3 is 10.6 Å². The minimum Gasteiger partial charge on any atom is -0.325 e. The lowest BCUT2D eigenvalue weighted by Gasteiger charge is -2.40. The molecule has 0 radical (unpaired) electrons. The van der Waals surface area contributed by atoms with E-state index in [0.29, 0.717) is 0 Å². The van der Waals surface area contributed by atoms with Crippen LogP contribution in [-0.2, 0) is 0 Å². The van der Waals surface area contributed by atoms with Gasteiger partial charge in [-0.2, -0.15) is 0 Å². The maximum atomic E-state index is 6.50. The molecular formula is C12H24N2.